The van der Waals surface area contributed by atoms with Crippen LogP contribution in [0.25, 0.3) is 0 Å². The van der Waals surface area contributed by atoms with Gasteiger partial charge in [0.2, 0.25) is 5.91 Å². The Morgan fingerprint density at radius 2 is 1.91 bits per heavy atom. The van der Waals surface area contributed by atoms with Crippen molar-refractivity contribution in [2.45, 2.75) is 26.4 Å². The van der Waals surface area contributed by atoms with E-state index in [-0.39, 0.29) is 17.6 Å². The van der Waals surface area contributed by atoms with Crippen LogP contribution in [-0.4, -0.2) is 5.91 Å². The molecule has 3 nitrogen and oxygen atoms in total. The molecule has 0 aliphatic carbocycles. The monoisotopic (exact) mass is 303 g/mol. The van der Waals surface area contributed by atoms with Crippen molar-refractivity contribution in [2.75, 3.05) is 0 Å². The second-order valence-electron chi connectivity index (χ2n) is 5.40. The molecule has 0 aromatic heterocycles. The number of ether oxygens (including phenoxy) is 1. The molecule has 2 aromatic rings. The molecule has 1 atom stereocenters. The second kappa shape index (κ2) is 7.59. The highest BCUT2D eigenvalue weighted by molar-refractivity contribution is 5.76. The zero-order valence-electron chi connectivity index (χ0n) is 12.6. The third kappa shape index (κ3) is 4.88. The van der Waals surface area contributed by atoms with E-state index in [1.165, 1.54) is 12.1 Å². The van der Waals surface area contributed by atoms with Crippen LogP contribution in [0.5, 0.6) is 5.75 Å². The SMILES string of the molecule is C[C@H](CCc1ccc(OCc2cccc(F)c2)cc1)C(N)=[18O]. The van der Waals surface area contributed by atoms with E-state index in [0.29, 0.717) is 6.61 Å². The van der Waals surface area contributed by atoms with Crippen LogP contribution < -0.4 is 10.5 Å². The van der Waals surface area contributed by atoms with E-state index < -0.39 is 0 Å². The Balaban J connectivity index is 1.85. The zero-order chi connectivity index (χ0) is 15.9. The number of aryl methyl sites for hydroxylation is 1. The van der Waals surface area contributed by atoms with Crippen molar-refractivity contribution >= 4 is 5.91 Å². The van der Waals surface area contributed by atoms with Crippen LogP contribution in [0.1, 0.15) is 24.5 Å². The summed E-state index contributed by atoms with van der Waals surface area (Å²) in [5.74, 6) is 0.0786. The lowest BCUT2D eigenvalue weighted by Gasteiger charge is -2.09. The quantitative estimate of drug-likeness (QED) is 0.796. The van der Waals surface area contributed by atoms with Crippen LogP contribution in [0, 0.1) is 11.7 Å². The normalized spacial score (nSPS) is 11.9. The summed E-state index contributed by atoms with van der Waals surface area (Å²) in [6.07, 6.45) is 1.53. The van der Waals surface area contributed by atoms with Crippen molar-refractivity contribution in [3.8, 4) is 5.75 Å². The van der Waals surface area contributed by atoms with Crippen LogP contribution in [0.2, 0.25) is 0 Å². The molecule has 4 heteroatoms. The first-order valence-corrected chi connectivity index (χ1v) is 7.30. The molecule has 116 valence electrons. The number of amides is 1. The van der Waals surface area contributed by atoms with Gasteiger partial charge in [0.15, 0.2) is 0 Å². The van der Waals surface area contributed by atoms with Gasteiger partial charge in [0.1, 0.15) is 18.2 Å². The predicted molar refractivity (Wildman–Crippen MR) is 83.9 cm³/mol. The molecule has 2 aromatic carbocycles. The Morgan fingerprint density at radius 1 is 1.18 bits per heavy atom. The molecule has 0 aliphatic rings. The standard InChI is InChI=1S/C18H20FNO2/c1-13(18(20)21)5-6-14-7-9-17(10-8-14)22-12-15-3-2-4-16(19)11-15/h2-4,7-11,13H,5-6,12H2,1H3,(H2,20,21)/t13-/m1/s1/i21+2. The molecule has 2 N–H and O–H groups in total. The minimum atomic E-state index is -0.268. The maximum Gasteiger partial charge on any atom is 0.220 e. The number of carbonyl (C=O) groups excluding carboxylic acids is 1. The average molecular weight is 303 g/mol. The van der Waals surface area contributed by atoms with Crippen LogP contribution in [0.4, 0.5) is 4.39 Å². The van der Waals surface area contributed by atoms with Crippen LogP contribution in [-0.2, 0) is 17.8 Å². The number of carbonyl (C=O) groups is 1. The maximum atomic E-state index is 13.1. The van der Waals surface area contributed by atoms with E-state index in [0.717, 1.165) is 29.7 Å². The summed E-state index contributed by atoms with van der Waals surface area (Å²) in [5.41, 5.74) is 7.17. The number of hydrogen-bond donors (Lipinski definition) is 1. The molecule has 22 heavy (non-hydrogen) atoms. The van der Waals surface area contributed by atoms with E-state index >= 15 is 0 Å². The van der Waals surface area contributed by atoms with Crippen LogP contribution in [0.15, 0.2) is 48.5 Å². The predicted octanol–water partition coefficient (Wildman–Crippen LogP) is 3.46. The summed E-state index contributed by atoms with van der Waals surface area (Å²) in [6, 6.07) is 14.0. The van der Waals surface area contributed by atoms with Gasteiger partial charge in [-0.15, -0.1) is 0 Å². The minimum absolute atomic E-state index is 0.121. The molecule has 0 bridgehead atoms. The number of hydrogen-bond acceptors (Lipinski definition) is 2. The third-order valence-electron chi connectivity index (χ3n) is 3.57. The zero-order valence-corrected chi connectivity index (χ0v) is 12.6. The van der Waals surface area contributed by atoms with Gasteiger partial charge in [-0.05, 0) is 48.2 Å². The highest BCUT2D eigenvalue weighted by atomic mass is 19.1. The van der Waals surface area contributed by atoms with Gasteiger partial charge in [-0.3, -0.25) is 4.79 Å². The molecular weight excluding hydrogens is 283 g/mol. The molecule has 0 unspecified atom stereocenters. The molecule has 0 fully saturated rings. The van der Waals surface area contributed by atoms with Crippen molar-refractivity contribution in [1.82, 2.24) is 0 Å². The molecule has 0 spiro atoms. The lowest BCUT2D eigenvalue weighted by atomic mass is 10.0. The number of benzene rings is 2. The van der Waals surface area contributed by atoms with Crippen molar-refractivity contribution in [2.24, 2.45) is 11.7 Å². The first-order chi connectivity index (χ1) is 10.5. The maximum absolute atomic E-state index is 13.1. The Labute approximate surface area is 129 Å². The molecule has 0 heterocycles. The summed E-state index contributed by atoms with van der Waals surface area (Å²) < 4.78 is 18.7. The first kappa shape index (κ1) is 16.0. The molecule has 0 saturated carbocycles. The smallest absolute Gasteiger partial charge is 0.220 e. The number of primary amides is 1. The lowest BCUT2D eigenvalue weighted by molar-refractivity contribution is -0.121. The highest BCUT2D eigenvalue weighted by Crippen LogP contribution is 2.17. The summed E-state index contributed by atoms with van der Waals surface area (Å²) in [5, 5.41) is 0. The van der Waals surface area contributed by atoms with Gasteiger partial charge in [0.05, 0.1) is 0 Å². The van der Waals surface area contributed by atoms with Gasteiger partial charge in [-0.25, -0.2) is 4.39 Å². The van der Waals surface area contributed by atoms with Crippen molar-refractivity contribution in [3.63, 3.8) is 0 Å². The van der Waals surface area contributed by atoms with Gasteiger partial charge in [0, 0.05) is 5.92 Å². The van der Waals surface area contributed by atoms with E-state index in [4.69, 9.17) is 10.5 Å². The Morgan fingerprint density at radius 3 is 2.55 bits per heavy atom. The lowest BCUT2D eigenvalue weighted by Crippen LogP contribution is -2.20. The fourth-order valence-corrected chi connectivity index (χ4v) is 2.07. The molecule has 1 amide bonds. The fraction of sp³-hybridized carbons (Fsp3) is 0.278. The van der Waals surface area contributed by atoms with Gasteiger partial charge >= 0.3 is 0 Å². The van der Waals surface area contributed by atoms with Crippen molar-refractivity contribution in [3.05, 3.63) is 65.5 Å². The van der Waals surface area contributed by atoms with Gasteiger partial charge in [-0.2, -0.15) is 0 Å². The Bertz CT molecular complexity index is 625. The number of rotatable bonds is 7. The Hall–Kier alpha value is -2.36. The number of nitrogens with two attached hydrogens (primary N) is 1. The summed E-state index contributed by atoms with van der Waals surface area (Å²) in [7, 11) is 0. The summed E-state index contributed by atoms with van der Waals surface area (Å²) >= 11 is 0. The fourth-order valence-electron chi connectivity index (χ4n) is 2.07. The first-order valence-electron chi connectivity index (χ1n) is 7.30. The van der Waals surface area contributed by atoms with Crippen molar-refractivity contribution < 1.29 is 13.9 Å². The van der Waals surface area contributed by atoms with Gasteiger partial charge < -0.3 is 10.5 Å². The molecule has 0 radical (unpaired) electrons. The third-order valence-corrected chi connectivity index (χ3v) is 3.57. The largest absolute Gasteiger partial charge is 0.489 e. The molecule has 0 saturated heterocycles. The molecule has 2 rings (SSSR count). The van der Waals surface area contributed by atoms with E-state index in [1.807, 2.05) is 37.3 Å². The topological polar surface area (TPSA) is 52.3 Å². The highest BCUT2D eigenvalue weighted by Gasteiger charge is 2.08. The Kier molecular flexibility index (Phi) is 5.53. The average Bonchev–Trinajstić information content (AvgIpc) is 2.51. The van der Waals surface area contributed by atoms with Crippen molar-refractivity contribution in [1.29, 1.82) is 0 Å². The van der Waals surface area contributed by atoms with Crippen LogP contribution >= 0.6 is 0 Å². The summed E-state index contributed by atoms with van der Waals surface area (Å²) in [6.45, 7) is 2.16. The van der Waals surface area contributed by atoms with Crippen LogP contribution in [0.3, 0.4) is 0 Å². The molecule has 0 aliphatic heterocycles. The number of halogens is 1. The van der Waals surface area contributed by atoms with Gasteiger partial charge in [-0.1, -0.05) is 31.2 Å². The van der Waals surface area contributed by atoms with E-state index in [2.05, 4.69) is 0 Å². The van der Waals surface area contributed by atoms with Gasteiger partial charge in [0.25, 0.3) is 0 Å². The molecular formula is C18H20FNO2. The summed E-state index contributed by atoms with van der Waals surface area (Å²) in [4.78, 5) is 11.0. The van der Waals surface area contributed by atoms with E-state index in [1.54, 1.807) is 6.07 Å². The minimum Gasteiger partial charge on any atom is -0.489 e. The van der Waals surface area contributed by atoms with E-state index in [9.17, 15) is 9.18 Å². The second-order valence-corrected chi connectivity index (χ2v) is 5.40.